The summed E-state index contributed by atoms with van der Waals surface area (Å²) in [4.78, 5) is 12.5. The van der Waals surface area contributed by atoms with Crippen LogP contribution >= 0.6 is 0 Å². The fraction of sp³-hybridized carbons (Fsp3) is 0.318. The topological polar surface area (TPSA) is 68.0 Å². The lowest BCUT2D eigenvalue weighted by Crippen LogP contribution is -2.29. The van der Waals surface area contributed by atoms with Gasteiger partial charge >= 0.3 is 0 Å². The molecule has 140 valence electrons. The van der Waals surface area contributed by atoms with Crippen LogP contribution in [-0.4, -0.2) is 16.1 Å². The zero-order chi connectivity index (χ0) is 19.1. The van der Waals surface area contributed by atoms with Crippen LogP contribution in [0.25, 0.3) is 11.5 Å². The third-order valence-electron chi connectivity index (χ3n) is 4.30. The first kappa shape index (κ1) is 18.8. The standard InChI is InChI=1S/C22H25N3O2/c1-16(2)15-19(17-9-5-3-6-10-17)23-20(26)13-14-21-24-25-22(27-21)18-11-7-4-8-12-18/h3-12,16,19H,13-15H2,1-2H3,(H,23,26). The van der Waals surface area contributed by atoms with Crippen LogP contribution in [0, 0.1) is 5.92 Å². The van der Waals surface area contributed by atoms with Crippen LogP contribution < -0.4 is 5.32 Å². The first-order valence-electron chi connectivity index (χ1n) is 9.34. The van der Waals surface area contributed by atoms with Crippen molar-refractivity contribution in [2.24, 2.45) is 5.92 Å². The van der Waals surface area contributed by atoms with Gasteiger partial charge in [-0.15, -0.1) is 10.2 Å². The Morgan fingerprint density at radius 1 is 1.00 bits per heavy atom. The second-order valence-electron chi connectivity index (χ2n) is 7.03. The van der Waals surface area contributed by atoms with Gasteiger partial charge in [0, 0.05) is 18.4 Å². The molecule has 1 heterocycles. The zero-order valence-corrected chi connectivity index (χ0v) is 15.8. The van der Waals surface area contributed by atoms with Gasteiger partial charge in [0.05, 0.1) is 6.04 Å². The van der Waals surface area contributed by atoms with Crippen molar-refractivity contribution in [2.75, 3.05) is 0 Å². The van der Waals surface area contributed by atoms with Gasteiger partial charge in [-0.05, 0) is 30.0 Å². The summed E-state index contributed by atoms with van der Waals surface area (Å²) in [6.45, 7) is 4.32. The number of nitrogens with one attached hydrogen (secondary N) is 1. The van der Waals surface area contributed by atoms with E-state index >= 15 is 0 Å². The third-order valence-corrected chi connectivity index (χ3v) is 4.30. The van der Waals surface area contributed by atoms with E-state index in [1.54, 1.807) is 0 Å². The van der Waals surface area contributed by atoms with E-state index in [0.717, 1.165) is 17.5 Å². The van der Waals surface area contributed by atoms with Crippen molar-refractivity contribution in [1.29, 1.82) is 0 Å². The van der Waals surface area contributed by atoms with Crippen LogP contribution in [0.5, 0.6) is 0 Å². The van der Waals surface area contributed by atoms with Crippen molar-refractivity contribution >= 4 is 5.91 Å². The van der Waals surface area contributed by atoms with E-state index in [0.29, 0.717) is 30.5 Å². The summed E-state index contributed by atoms with van der Waals surface area (Å²) >= 11 is 0. The van der Waals surface area contributed by atoms with Crippen LogP contribution in [0.1, 0.15) is 44.2 Å². The Hall–Kier alpha value is -2.95. The summed E-state index contributed by atoms with van der Waals surface area (Å²) in [7, 11) is 0. The molecule has 3 rings (SSSR count). The summed E-state index contributed by atoms with van der Waals surface area (Å²) in [5.74, 6) is 1.43. The summed E-state index contributed by atoms with van der Waals surface area (Å²) in [6, 6.07) is 19.7. The van der Waals surface area contributed by atoms with Gasteiger partial charge in [-0.3, -0.25) is 4.79 Å². The number of rotatable bonds is 8. The molecule has 5 nitrogen and oxygen atoms in total. The minimum Gasteiger partial charge on any atom is -0.421 e. The van der Waals surface area contributed by atoms with Gasteiger partial charge < -0.3 is 9.73 Å². The van der Waals surface area contributed by atoms with E-state index in [1.165, 1.54) is 0 Å². The molecule has 0 bridgehead atoms. The molecule has 3 aromatic rings. The van der Waals surface area contributed by atoms with Crippen molar-refractivity contribution < 1.29 is 9.21 Å². The molecule has 1 amide bonds. The average Bonchev–Trinajstić information content (AvgIpc) is 3.16. The number of carbonyl (C=O) groups excluding carboxylic acids is 1. The second kappa shape index (κ2) is 9.12. The normalized spacial score (nSPS) is 12.1. The molecule has 0 spiro atoms. The molecule has 0 saturated carbocycles. The van der Waals surface area contributed by atoms with E-state index in [-0.39, 0.29) is 11.9 Å². The number of hydrogen-bond donors (Lipinski definition) is 1. The number of amides is 1. The third kappa shape index (κ3) is 5.51. The molecule has 1 N–H and O–H groups in total. The van der Waals surface area contributed by atoms with Crippen molar-refractivity contribution in [2.45, 2.75) is 39.2 Å². The van der Waals surface area contributed by atoms with Gasteiger partial charge in [-0.2, -0.15) is 0 Å². The lowest BCUT2D eigenvalue weighted by Gasteiger charge is -2.21. The van der Waals surface area contributed by atoms with E-state index in [2.05, 4.69) is 41.5 Å². The molecule has 0 aliphatic carbocycles. The highest BCUT2D eigenvalue weighted by Gasteiger charge is 2.17. The van der Waals surface area contributed by atoms with Gasteiger partial charge in [-0.25, -0.2) is 0 Å². The van der Waals surface area contributed by atoms with E-state index in [1.807, 2.05) is 48.5 Å². The monoisotopic (exact) mass is 363 g/mol. The van der Waals surface area contributed by atoms with Crippen LogP contribution in [0.4, 0.5) is 0 Å². The average molecular weight is 363 g/mol. The Morgan fingerprint density at radius 3 is 2.33 bits per heavy atom. The maximum Gasteiger partial charge on any atom is 0.247 e. The predicted molar refractivity (Wildman–Crippen MR) is 105 cm³/mol. The fourth-order valence-electron chi connectivity index (χ4n) is 2.97. The number of nitrogens with zero attached hydrogens (tertiary/aromatic N) is 2. The van der Waals surface area contributed by atoms with Gasteiger partial charge in [0.2, 0.25) is 17.7 Å². The summed E-state index contributed by atoms with van der Waals surface area (Å²) in [6.07, 6.45) is 1.64. The Morgan fingerprint density at radius 2 is 1.67 bits per heavy atom. The lowest BCUT2D eigenvalue weighted by atomic mass is 9.97. The Kier molecular flexibility index (Phi) is 6.36. The number of carbonyl (C=O) groups is 1. The van der Waals surface area contributed by atoms with Crippen molar-refractivity contribution in [3.05, 3.63) is 72.1 Å². The van der Waals surface area contributed by atoms with Crippen LogP contribution in [0.15, 0.2) is 65.1 Å². The first-order valence-corrected chi connectivity index (χ1v) is 9.34. The van der Waals surface area contributed by atoms with E-state index in [9.17, 15) is 4.79 Å². The first-order chi connectivity index (χ1) is 13.1. The molecular formula is C22H25N3O2. The molecule has 27 heavy (non-hydrogen) atoms. The summed E-state index contributed by atoms with van der Waals surface area (Å²) < 4.78 is 5.67. The smallest absolute Gasteiger partial charge is 0.247 e. The number of aromatic nitrogens is 2. The zero-order valence-electron chi connectivity index (χ0n) is 15.8. The van der Waals surface area contributed by atoms with Gasteiger partial charge in [0.25, 0.3) is 0 Å². The van der Waals surface area contributed by atoms with E-state index < -0.39 is 0 Å². The number of benzene rings is 2. The summed E-state index contributed by atoms with van der Waals surface area (Å²) in [5.41, 5.74) is 2.01. The molecule has 1 aromatic heterocycles. The molecule has 5 heteroatoms. The summed E-state index contributed by atoms with van der Waals surface area (Å²) in [5, 5.41) is 11.3. The molecule has 2 aromatic carbocycles. The minimum absolute atomic E-state index is 0.0102. The van der Waals surface area contributed by atoms with Crippen LogP contribution in [0.2, 0.25) is 0 Å². The maximum absolute atomic E-state index is 12.5. The largest absolute Gasteiger partial charge is 0.421 e. The molecule has 0 aliphatic rings. The molecule has 1 unspecified atom stereocenters. The fourth-order valence-corrected chi connectivity index (χ4v) is 2.97. The van der Waals surface area contributed by atoms with Crippen molar-refractivity contribution in [1.82, 2.24) is 15.5 Å². The molecule has 0 aliphatic heterocycles. The van der Waals surface area contributed by atoms with Crippen LogP contribution in [-0.2, 0) is 11.2 Å². The Bertz CT molecular complexity index is 844. The lowest BCUT2D eigenvalue weighted by molar-refractivity contribution is -0.122. The number of hydrogen-bond acceptors (Lipinski definition) is 4. The van der Waals surface area contributed by atoms with Gasteiger partial charge in [0.15, 0.2) is 0 Å². The van der Waals surface area contributed by atoms with Crippen molar-refractivity contribution in [3.8, 4) is 11.5 Å². The molecule has 0 saturated heterocycles. The minimum atomic E-state index is -0.0102. The Balaban J connectivity index is 1.57. The highest BCUT2D eigenvalue weighted by atomic mass is 16.4. The molecule has 0 radical (unpaired) electrons. The SMILES string of the molecule is CC(C)CC(NC(=O)CCc1nnc(-c2ccccc2)o1)c1ccccc1. The predicted octanol–water partition coefficient (Wildman–Crippen LogP) is 4.57. The highest BCUT2D eigenvalue weighted by Crippen LogP contribution is 2.22. The van der Waals surface area contributed by atoms with Gasteiger partial charge in [-0.1, -0.05) is 62.4 Å². The highest BCUT2D eigenvalue weighted by molar-refractivity contribution is 5.76. The maximum atomic E-state index is 12.5. The molecule has 1 atom stereocenters. The molecular weight excluding hydrogens is 338 g/mol. The van der Waals surface area contributed by atoms with E-state index in [4.69, 9.17) is 4.42 Å². The molecule has 0 fully saturated rings. The number of aryl methyl sites for hydroxylation is 1. The Labute approximate surface area is 159 Å². The quantitative estimate of drug-likeness (QED) is 0.636. The van der Waals surface area contributed by atoms with Crippen LogP contribution in [0.3, 0.4) is 0 Å². The van der Waals surface area contributed by atoms with Gasteiger partial charge in [0.1, 0.15) is 0 Å². The second-order valence-corrected chi connectivity index (χ2v) is 7.03. The van der Waals surface area contributed by atoms with Crippen molar-refractivity contribution in [3.63, 3.8) is 0 Å².